The Morgan fingerprint density at radius 1 is 0.967 bits per heavy atom. The van der Waals surface area contributed by atoms with Crippen molar-refractivity contribution in [3.8, 4) is 34.3 Å². The summed E-state index contributed by atoms with van der Waals surface area (Å²) in [5.74, 6) is -10.3. The van der Waals surface area contributed by atoms with Crippen LogP contribution in [0.4, 0.5) is 0 Å². The Morgan fingerprint density at radius 3 is 2.34 bits per heavy atom. The highest BCUT2D eigenvalue weighted by molar-refractivity contribution is 5.89. The van der Waals surface area contributed by atoms with Crippen molar-refractivity contribution in [3.05, 3.63) is 69.5 Å². The van der Waals surface area contributed by atoms with E-state index in [9.17, 15) is 70.6 Å². The largest absolute Gasteiger partial charge is 0.507 e. The average molecular weight is 860 g/mol. The number of phenolic OH excluding ortho intramolecular Hbond substituents is 3. The lowest BCUT2D eigenvalue weighted by molar-refractivity contribution is -0.352. The number of carbonyl (C=O) groups excluding carboxylic acids is 1. The summed E-state index contributed by atoms with van der Waals surface area (Å²) in [6, 6.07) is 4.68. The number of allylic oxidation sites excluding steroid dienone is 2. The van der Waals surface area contributed by atoms with Crippen LogP contribution in [0.1, 0.15) is 23.5 Å². The molecule has 22 heteroatoms. The Kier molecular flexibility index (Phi) is 12.1. The summed E-state index contributed by atoms with van der Waals surface area (Å²) in [5.41, 5.74) is 5.56. The number of aliphatic carboxylic acids is 1. The van der Waals surface area contributed by atoms with Gasteiger partial charge < -0.3 is 95.9 Å². The van der Waals surface area contributed by atoms with Gasteiger partial charge >= 0.3 is 11.9 Å². The van der Waals surface area contributed by atoms with Gasteiger partial charge in [0.15, 0.2) is 29.1 Å². The van der Waals surface area contributed by atoms with Gasteiger partial charge in [0, 0.05) is 60.0 Å². The number of dihydropyridines is 1. The van der Waals surface area contributed by atoms with E-state index in [4.69, 9.17) is 29.1 Å². The second kappa shape index (κ2) is 16.8. The number of phenols is 3. The Hall–Kier alpha value is -5.37. The highest BCUT2D eigenvalue weighted by Gasteiger charge is 2.63. The van der Waals surface area contributed by atoms with E-state index in [1.54, 1.807) is 18.4 Å². The number of ether oxygens (including phenoxy) is 4. The van der Waals surface area contributed by atoms with Crippen LogP contribution < -0.4 is 26.5 Å². The molecule has 1 spiro atoms. The predicted octanol–water partition coefficient (Wildman–Crippen LogP) is -3.25. The second-order valence-corrected chi connectivity index (χ2v) is 15.2. The summed E-state index contributed by atoms with van der Waals surface area (Å²) in [6.07, 6.45) is -16.1. The number of rotatable bonds is 9. The van der Waals surface area contributed by atoms with Crippen LogP contribution in [0.2, 0.25) is 0 Å². The molecule has 0 aliphatic carbocycles. The summed E-state index contributed by atoms with van der Waals surface area (Å²) in [6.45, 7) is -0.514. The van der Waals surface area contributed by atoms with Gasteiger partial charge in [0.25, 0.3) is 0 Å². The molecule has 22 nitrogen and oxygen atoms in total. The van der Waals surface area contributed by atoms with Crippen LogP contribution in [0.25, 0.3) is 22.3 Å². The molecule has 0 saturated carbocycles. The third kappa shape index (κ3) is 7.65. The summed E-state index contributed by atoms with van der Waals surface area (Å²) in [4.78, 5) is 39.4. The predicted molar refractivity (Wildman–Crippen MR) is 203 cm³/mol. The number of hydrogen-bond acceptors (Lipinski definition) is 21. The van der Waals surface area contributed by atoms with E-state index in [1.165, 1.54) is 19.2 Å². The summed E-state index contributed by atoms with van der Waals surface area (Å²) in [5, 5.41) is 123. The van der Waals surface area contributed by atoms with Crippen LogP contribution >= 0.6 is 0 Å². The van der Waals surface area contributed by atoms with E-state index in [1.807, 2.05) is 0 Å². The van der Waals surface area contributed by atoms with Crippen molar-refractivity contribution < 1.29 is 89.1 Å². The smallest absolute Gasteiger partial charge is 0.340 e. The summed E-state index contributed by atoms with van der Waals surface area (Å²) >= 11 is 0. The number of hydrogen-bond donors (Lipinski definition) is 14. The van der Waals surface area contributed by atoms with Crippen molar-refractivity contribution in [1.29, 1.82) is 0 Å². The number of aliphatic hydroxyl groups excluding tert-OH is 7. The Balaban J connectivity index is 1.37. The Bertz CT molecular complexity index is 2320. The van der Waals surface area contributed by atoms with Gasteiger partial charge in [-0.15, -0.1) is 0 Å². The first-order chi connectivity index (χ1) is 28.9. The molecule has 0 bridgehead atoms. The van der Waals surface area contributed by atoms with Crippen molar-refractivity contribution >= 4 is 22.9 Å². The number of carboxylic acids is 1. The third-order valence-corrected chi connectivity index (χ3v) is 11.3. The van der Waals surface area contributed by atoms with Crippen molar-refractivity contribution in [1.82, 2.24) is 10.6 Å². The molecule has 4 aliphatic heterocycles. The molecule has 2 aromatic carbocycles. The molecule has 61 heavy (non-hydrogen) atoms. The number of nitrogens with two attached hydrogens (primary N) is 1. The van der Waals surface area contributed by atoms with Crippen LogP contribution in [0, 0.1) is 5.92 Å². The molecule has 13 atom stereocenters. The minimum Gasteiger partial charge on any atom is -0.507 e. The monoisotopic (exact) mass is 859 g/mol. The van der Waals surface area contributed by atoms with Crippen LogP contribution in [0.15, 0.2) is 57.4 Å². The topological polar surface area (TPSA) is 374 Å². The fourth-order valence-corrected chi connectivity index (χ4v) is 8.20. The number of carbonyl (C=O) groups is 2. The lowest BCUT2D eigenvalue weighted by Gasteiger charge is -2.50. The fourth-order valence-electron chi connectivity index (χ4n) is 8.20. The van der Waals surface area contributed by atoms with E-state index >= 15 is 0 Å². The van der Waals surface area contributed by atoms with Gasteiger partial charge in [-0.05, 0) is 43.7 Å². The SMILES string of the molecule is CNCC1CC(C2=CNC(N)C=C2)c2c(cc3oc(-c4cc(O)c(O)c(CCO)c4)cc(=O)c3c2O)OC12OC(C(=O)OC1OC(C(=O)O)C(O)C(O)C1O)C(O)C(O)C2O. The number of nitrogens with one attached hydrogen (secondary N) is 2. The third-order valence-electron chi connectivity index (χ3n) is 11.3. The second-order valence-electron chi connectivity index (χ2n) is 15.2. The van der Waals surface area contributed by atoms with E-state index < -0.39 is 120 Å². The van der Waals surface area contributed by atoms with Crippen molar-refractivity contribution in [3.63, 3.8) is 0 Å². The minimum absolute atomic E-state index is 0.0484. The molecule has 5 heterocycles. The van der Waals surface area contributed by atoms with E-state index in [2.05, 4.69) is 10.6 Å². The molecular weight excluding hydrogens is 814 g/mol. The lowest BCUT2D eigenvalue weighted by atomic mass is 9.76. The van der Waals surface area contributed by atoms with Gasteiger partial charge in [0.1, 0.15) is 64.9 Å². The van der Waals surface area contributed by atoms with Gasteiger partial charge in [0.05, 0.1) is 6.17 Å². The normalized spacial score (nSPS) is 33.6. The molecule has 4 aliphatic rings. The number of esters is 1. The van der Waals surface area contributed by atoms with Crippen LogP contribution in [0.5, 0.6) is 23.0 Å². The number of carboxylic acid groups (broad SMARTS) is 1. The van der Waals surface area contributed by atoms with Crippen molar-refractivity contribution in [2.24, 2.45) is 11.7 Å². The molecule has 7 rings (SSSR count). The number of aromatic hydroxyl groups is 3. The van der Waals surface area contributed by atoms with E-state index in [0.29, 0.717) is 5.57 Å². The highest BCUT2D eigenvalue weighted by atomic mass is 16.8. The minimum atomic E-state index is -2.57. The summed E-state index contributed by atoms with van der Waals surface area (Å²) < 4.78 is 29.0. The molecule has 13 unspecified atom stereocenters. The van der Waals surface area contributed by atoms with Crippen LogP contribution in [0.3, 0.4) is 0 Å². The van der Waals surface area contributed by atoms with Crippen LogP contribution in [-0.4, -0.2) is 155 Å². The van der Waals surface area contributed by atoms with Gasteiger partial charge in [-0.2, -0.15) is 0 Å². The van der Waals surface area contributed by atoms with Crippen molar-refractivity contribution in [2.75, 3.05) is 20.2 Å². The molecule has 0 amide bonds. The maximum atomic E-state index is 13.9. The molecule has 1 aromatic heterocycles. The Labute approximate surface area is 343 Å². The maximum absolute atomic E-state index is 13.9. The zero-order chi connectivity index (χ0) is 44.2. The molecule has 330 valence electrons. The molecular formula is C39H45N3O19. The first kappa shape index (κ1) is 43.7. The first-order valence-corrected chi connectivity index (χ1v) is 19.0. The molecule has 3 aromatic rings. The van der Waals surface area contributed by atoms with Gasteiger partial charge in [0.2, 0.25) is 12.1 Å². The van der Waals surface area contributed by atoms with Gasteiger partial charge in [-0.1, -0.05) is 6.08 Å². The number of aliphatic hydroxyl groups is 7. The van der Waals surface area contributed by atoms with E-state index in [-0.39, 0.29) is 58.6 Å². The zero-order valence-electron chi connectivity index (χ0n) is 32.1. The average Bonchev–Trinajstić information content (AvgIpc) is 3.35. The summed E-state index contributed by atoms with van der Waals surface area (Å²) in [7, 11) is 1.52. The first-order valence-electron chi connectivity index (χ1n) is 19.0. The quantitative estimate of drug-likeness (QED) is 0.0742. The van der Waals surface area contributed by atoms with E-state index in [0.717, 1.165) is 12.1 Å². The number of benzene rings is 2. The molecule has 0 radical (unpaired) electrons. The molecule has 2 saturated heterocycles. The van der Waals surface area contributed by atoms with Gasteiger partial charge in [-0.3, -0.25) is 4.79 Å². The van der Waals surface area contributed by atoms with Crippen LogP contribution in [-0.2, 0) is 30.2 Å². The highest BCUT2D eigenvalue weighted by Crippen LogP contribution is 2.53. The van der Waals surface area contributed by atoms with Gasteiger partial charge in [-0.25, -0.2) is 9.59 Å². The zero-order valence-corrected chi connectivity index (χ0v) is 32.1. The fraction of sp³-hybridized carbons (Fsp3) is 0.462. The lowest BCUT2D eigenvalue weighted by Crippen LogP contribution is -2.71. The standard InChI is InChI=1S/C39H45N3O19/c1-41-12-16-8-17(14-2-3-23(40)42-11-14)24-22(10-21-25(27(24)47)18(44)9-20(57-21)15-6-13(4-5-43)26(46)19(45)7-15)60-39(16)35(53)31(51)30(50)34(61-39)37(56)59-38-32(52)28(48)29(49)33(58-38)36(54)55/h2-3,6-7,9-11,16-17,23,28-35,38,41-43,45-53H,4-5,8,12,40H2,1H3,(H,54,55). The molecule has 2 fully saturated rings. The Morgan fingerprint density at radius 2 is 1.69 bits per heavy atom. The molecule has 15 N–H and O–H groups in total. The van der Waals surface area contributed by atoms with Crippen molar-refractivity contribution in [2.45, 2.75) is 85.8 Å². The number of fused-ring (bicyclic) bond motifs is 2. The maximum Gasteiger partial charge on any atom is 0.340 e.